The second kappa shape index (κ2) is 25.4. The fraction of sp³-hybridized carbons (Fsp3) is 0.825. The van der Waals surface area contributed by atoms with E-state index in [0.29, 0.717) is 32.4 Å². The van der Waals surface area contributed by atoms with Crippen molar-refractivity contribution in [2.45, 2.75) is 150 Å². The number of aldehydes is 1. The summed E-state index contributed by atoms with van der Waals surface area (Å²) in [5.74, 6) is -9.05. The summed E-state index contributed by atoms with van der Waals surface area (Å²) < 4.78 is 60.4. The minimum atomic E-state index is -4.17. The molecule has 2 aliphatic heterocycles. The van der Waals surface area contributed by atoms with Gasteiger partial charge in [0, 0.05) is 40.9 Å². The Kier molecular flexibility index (Phi) is 24.0. The number of likely N-dealkylation sites (tertiary alicyclic amines) is 2. The van der Waals surface area contributed by atoms with Crippen molar-refractivity contribution in [3.63, 3.8) is 0 Å². The first kappa shape index (κ1) is 55.7. The van der Waals surface area contributed by atoms with Gasteiger partial charge in [-0.25, -0.2) is 9.59 Å². The molecular weight excluding hydrogens is 852 g/mol. The monoisotopic (exact) mass is 918 g/mol. The number of aliphatic hydroxyl groups excluding tert-OH is 1. The normalized spacial score (nSPS) is 19.4. The number of halogens is 5. The summed E-state index contributed by atoms with van der Waals surface area (Å²) in [6.07, 6.45) is 0.861. The van der Waals surface area contributed by atoms with Crippen molar-refractivity contribution in [2.24, 2.45) is 35.5 Å². The molecule has 19 heteroatoms. The standard InChI is InChI=1S/C20H34F2N2O5.C16H28N2O3.C4H5BrF2O2/c1-7-29-19(28)20(21,22)16(25)15(12(4)5)23-17(26)14-9-8-10-24(14)18(27)13(6)11(2)3;1-10(2)12(5)16(21)18-8-6-7-14(18)15(20)17-13(9-19)11(3)4;1-2-9-3(8)4(5,6)7/h11-16,25H,7-10H2,1-6H3,(H,23,26);9-14H,6-8H2,1-5H3,(H,17,20);2H2,1H3/t13-,14?,15-,16?;12-,13+,14?;/m00./s1. The second-order valence-corrected chi connectivity index (χ2v) is 17.1. The van der Waals surface area contributed by atoms with Gasteiger partial charge in [0.2, 0.25) is 23.6 Å². The quantitative estimate of drug-likeness (QED) is 0.0766. The lowest BCUT2D eigenvalue weighted by atomic mass is 9.93. The maximum atomic E-state index is 14.3. The van der Waals surface area contributed by atoms with E-state index in [1.54, 1.807) is 25.7 Å². The fourth-order valence-electron chi connectivity index (χ4n) is 5.97. The highest BCUT2D eigenvalue weighted by atomic mass is 79.9. The molecule has 2 rings (SSSR count). The highest BCUT2D eigenvalue weighted by Gasteiger charge is 2.53. The van der Waals surface area contributed by atoms with E-state index < -0.39 is 64.8 Å². The molecule has 7 atom stereocenters. The molecule has 3 unspecified atom stereocenters. The molecule has 0 aromatic heterocycles. The first-order valence-electron chi connectivity index (χ1n) is 20.3. The Labute approximate surface area is 354 Å². The molecule has 0 radical (unpaired) electrons. The van der Waals surface area contributed by atoms with Crippen molar-refractivity contribution in [1.29, 1.82) is 0 Å². The minimum absolute atomic E-state index is 0.0369. The molecule has 2 fully saturated rings. The van der Waals surface area contributed by atoms with E-state index in [1.165, 1.54) is 18.7 Å². The van der Waals surface area contributed by atoms with Crippen LogP contribution < -0.4 is 10.6 Å². The van der Waals surface area contributed by atoms with E-state index in [0.717, 1.165) is 12.7 Å². The number of alkyl halides is 5. The van der Waals surface area contributed by atoms with Crippen LogP contribution in [0.1, 0.15) is 109 Å². The van der Waals surface area contributed by atoms with E-state index in [1.807, 2.05) is 64.4 Å². The van der Waals surface area contributed by atoms with Crippen LogP contribution in [0.5, 0.6) is 0 Å². The molecule has 2 aliphatic rings. The van der Waals surface area contributed by atoms with Crippen LogP contribution in [0.4, 0.5) is 17.6 Å². The zero-order valence-electron chi connectivity index (χ0n) is 36.5. The van der Waals surface area contributed by atoms with E-state index in [9.17, 15) is 56.2 Å². The van der Waals surface area contributed by atoms with Crippen LogP contribution in [0, 0.1) is 35.5 Å². The SMILES string of the molecule is CC(C)[C@H](C)C(=O)N1CCCC1C(=O)N[C@H](C=O)C(C)C.CCOC(=O)C(F)(F)Br.CCOC(=O)C(F)(F)C(O)[C@@H](NC(=O)C1CCCN1C(=O)[C@@H](C)C(C)C)C(C)C. The van der Waals surface area contributed by atoms with Crippen molar-refractivity contribution < 1.29 is 65.7 Å². The molecule has 0 saturated carbocycles. The summed E-state index contributed by atoms with van der Waals surface area (Å²) in [6, 6.07) is -3.09. The zero-order valence-corrected chi connectivity index (χ0v) is 38.1. The third-order valence-corrected chi connectivity index (χ3v) is 10.7. The van der Waals surface area contributed by atoms with Gasteiger partial charge in [0.25, 0.3) is 0 Å². The van der Waals surface area contributed by atoms with Gasteiger partial charge in [0.15, 0.2) is 0 Å². The average Bonchev–Trinajstić information content (AvgIpc) is 3.85. The number of nitrogens with zero attached hydrogens (tertiary/aromatic N) is 2. The van der Waals surface area contributed by atoms with Crippen LogP contribution in [0.25, 0.3) is 0 Å². The van der Waals surface area contributed by atoms with Gasteiger partial charge in [0.1, 0.15) is 24.5 Å². The highest BCUT2D eigenvalue weighted by molar-refractivity contribution is 9.10. The Morgan fingerprint density at radius 2 is 1.08 bits per heavy atom. The Balaban J connectivity index is 0.000000974. The Hall–Kier alpha value is -3.35. The molecule has 0 aromatic rings. The molecule has 0 aromatic carbocycles. The molecule has 0 bridgehead atoms. The number of amides is 4. The number of esters is 2. The minimum Gasteiger partial charge on any atom is -0.461 e. The van der Waals surface area contributed by atoms with E-state index in [4.69, 9.17) is 0 Å². The van der Waals surface area contributed by atoms with Crippen LogP contribution in [0.2, 0.25) is 0 Å². The first-order valence-corrected chi connectivity index (χ1v) is 21.1. The molecular formula is C40H67BrF4N4O10. The van der Waals surface area contributed by atoms with Gasteiger partial charge >= 0.3 is 22.7 Å². The zero-order chi connectivity index (χ0) is 46.2. The van der Waals surface area contributed by atoms with Crippen molar-refractivity contribution in [3.8, 4) is 0 Å². The predicted molar refractivity (Wildman–Crippen MR) is 215 cm³/mol. The third kappa shape index (κ3) is 16.9. The van der Waals surface area contributed by atoms with Crippen LogP contribution in [-0.2, 0) is 43.0 Å². The van der Waals surface area contributed by atoms with Crippen molar-refractivity contribution in [2.75, 3.05) is 26.3 Å². The van der Waals surface area contributed by atoms with Gasteiger partial charge in [-0.05, 0) is 63.2 Å². The largest absolute Gasteiger partial charge is 0.461 e. The molecule has 342 valence electrons. The summed E-state index contributed by atoms with van der Waals surface area (Å²) >= 11 is 1.84. The van der Waals surface area contributed by atoms with Crippen molar-refractivity contribution >= 4 is 57.8 Å². The molecule has 2 saturated heterocycles. The number of carbonyl (C=O) groups is 7. The number of aliphatic hydroxyl groups is 1. The Morgan fingerprint density at radius 1 is 0.695 bits per heavy atom. The number of hydrogen-bond acceptors (Lipinski definition) is 10. The lowest BCUT2D eigenvalue weighted by Gasteiger charge is -2.34. The van der Waals surface area contributed by atoms with Gasteiger partial charge in [-0.3, -0.25) is 19.2 Å². The smallest absolute Gasteiger partial charge is 0.395 e. The topological polar surface area (TPSA) is 189 Å². The maximum absolute atomic E-state index is 14.3. The maximum Gasteiger partial charge on any atom is 0.395 e. The highest BCUT2D eigenvalue weighted by Crippen LogP contribution is 2.28. The van der Waals surface area contributed by atoms with Crippen LogP contribution >= 0.6 is 15.9 Å². The summed E-state index contributed by atoms with van der Waals surface area (Å²) in [5.41, 5.74) is 0. The summed E-state index contributed by atoms with van der Waals surface area (Å²) in [4.78, 5) is 82.6. The Morgan fingerprint density at radius 3 is 1.39 bits per heavy atom. The number of rotatable bonds is 17. The van der Waals surface area contributed by atoms with Crippen molar-refractivity contribution in [1.82, 2.24) is 20.4 Å². The van der Waals surface area contributed by atoms with Gasteiger partial charge in [-0.1, -0.05) is 69.2 Å². The van der Waals surface area contributed by atoms with Crippen LogP contribution in [0.3, 0.4) is 0 Å². The molecule has 4 amide bonds. The van der Waals surface area contributed by atoms with Gasteiger partial charge in [0.05, 0.1) is 25.3 Å². The third-order valence-electron chi connectivity index (χ3n) is 10.4. The molecule has 2 heterocycles. The van der Waals surface area contributed by atoms with Gasteiger partial charge < -0.3 is 39.8 Å². The van der Waals surface area contributed by atoms with E-state index >= 15 is 0 Å². The molecule has 3 N–H and O–H groups in total. The summed E-state index contributed by atoms with van der Waals surface area (Å²) in [5, 5.41) is 15.4. The molecule has 59 heavy (non-hydrogen) atoms. The lowest BCUT2D eigenvalue weighted by Crippen LogP contribution is -2.59. The predicted octanol–water partition coefficient (Wildman–Crippen LogP) is 5.12. The summed E-state index contributed by atoms with van der Waals surface area (Å²) in [6.45, 7) is 22.0. The van der Waals surface area contributed by atoms with Crippen LogP contribution in [-0.4, -0.2) is 124 Å². The first-order chi connectivity index (χ1) is 27.1. The second-order valence-electron chi connectivity index (χ2n) is 16.1. The van der Waals surface area contributed by atoms with Crippen LogP contribution in [0.15, 0.2) is 0 Å². The number of carbonyl (C=O) groups excluding carboxylic acids is 7. The van der Waals surface area contributed by atoms with Gasteiger partial charge in [-0.15, -0.1) is 0 Å². The lowest BCUT2D eigenvalue weighted by molar-refractivity contribution is -0.193. The fourth-order valence-corrected chi connectivity index (χ4v) is 6.09. The van der Waals surface area contributed by atoms with Crippen molar-refractivity contribution in [3.05, 3.63) is 0 Å². The number of nitrogens with one attached hydrogen (secondary N) is 2. The number of ether oxygens (including phenoxy) is 2. The van der Waals surface area contributed by atoms with E-state index in [-0.39, 0.29) is 60.5 Å². The summed E-state index contributed by atoms with van der Waals surface area (Å²) in [7, 11) is 0. The van der Waals surface area contributed by atoms with E-state index in [2.05, 4.69) is 20.1 Å². The molecule has 0 spiro atoms. The number of hydrogen-bond donors (Lipinski definition) is 3. The molecule has 0 aliphatic carbocycles. The Bertz CT molecular complexity index is 1400. The molecule has 14 nitrogen and oxygen atoms in total. The average molecular weight is 920 g/mol. The van der Waals surface area contributed by atoms with Gasteiger partial charge in [-0.2, -0.15) is 17.6 Å².